The van der Waals surface area contributed by atoms with Gasteiger partial charge in [-0.2, -0.15) is 0 Å². The van der Waals surface area contributed by atoms with E-state index in [-0.39, 0.29) is 5.91 Å². The van der Waals surface area contributed by atoms with Crippen LogP contribution < -0.4 is 4.74 Å². The number of aliphatic hydroxyl groups is 1. The second-order valence-corrected chi connectivity index (χ2v) is 8.46. The van der Waals surface area contributed by atoms with E-state index in [0.717, 1.165) is 22.0 Å². The number of para-hydroxylation sites is 1. The summed E-state index contributed by atoms with van der Waals surface area (Å²) in [7, 11) is 0. The normalized spacial score (nSPS) is 19.9. The van der Waals surface area contributed by atoms with Crippen LogP contribution in [0.15, 0.2) is 36.9 Å². The molecule has 0 saturated carbocycles. The Kier molecular flexibility index (Phi) is 6.75. The van der Waals surface area contributed by atoms with Crippen LogP contribution in [0.1, 0.15) is 34.8 Å². The highest BCUT2D eigenvalue weighted by atomic mass is 35.5. The lowest BCUT2D eigenvalue weighted by Gasteiger charge is -2.24. The van der Waals surface area contributed by atoms with Crippen LogP contribution in [-0.2, 0) is 16.8 Å². The minimum Gasteiger partial charge on any atom is -0.492 e. The topological polar surface area (TPSA) is 62.7 Å². The Morgan fingerprint density at radius 3 is 2.96 bits per heavy atom. The first kappa shape index (κ1) is 20.8. The van der Waals surface area contributed by atoms with Gasteiger partial charge >= 0.3 is 0 Å². The first-order chi connectivity index (χ1) is 13.4. The fourth-order valence-electron chi connectivity index (χ4n) is 3.36. The van der Waals surface area contributed by atoms with Crippen LogP contribution in [-0.4, -0.2) is 40.6 Å². The van der Waals surface area contributed by atoms with Crippen LogP contribution in [0.2, 0.25) is 5.02 Å². The summed E-state index contributed by atoms with van der Waals surface area (Å²) in [6.45, 7) is 7.14. The lowest BCUT2D eigenvalue weighted by molar-refractivity contribution is -0.126. The fraction of sp³-hybridized carbons (Fsp3) is 0.429. The predicted octanol–water partition coefficient (Wildman–Crippen LogP) is 4.11. The van der Waals surface area contributed by atoms with Gasteiger partial charge in [0.15, 0.2) is 0 Å². The largest absolute Gasteiger partial charge is 0.492 e. The Morgan fingerprint density at radius 2 is 2.21 bits per heavy atom. The Hall–Kier alpha value is -1.89. The van der Waals surface area contributed by atoms with E-state index in [9.17, 15) is 9.90 Å². The fourth-order valence-corrected chi connectivity index (χ4v) is 4.74. The molecule has 0 bridgehead atoms. The smallest absolute Gasteiger partial charge is 0.245 e. The molecule has 1 aromatic carbocycles. The summed E-state index contributed by atoms with van der Waals surface area (Å²) in [5.41, 5.74) is -0.0764. The summed E-state index contributed by atoms with van der Waals surface area (Å²) in [5.74, 6) is 0.581. The molecule has 1 aliphatic heterocycles. The number of likely N-dealkylation sites (tertiary alicyclic amines) is 1. The number of carbonyl (C=O) groups excluding carboxylic acids is 1. The summed E-state index contributed by atoms with van der Waals surface area (Å²) in [6.07, 6.45) is 3.84. The highest BCUT2D eigenvalue weighted by Crippen LogP contribution is 2.36. The van der Waals surface area contributed by atoms with Gasteiger partial charge < -0.3 is 14.7 Å². The van der Waals surface area contributed by atoms with Gasteiger partial charge in [0.1, 0.15) is 16.4 Å². The van der Waals surface area contributed by atoms with Gasteiger partial charge in [-0.25, -0.2) is 4.98 Å². The molecule has 5 nitrogen and oxygen atoms in total. The molecule has 1 atom stereocenters. The second kappa shape index (κ2) is 9.07. The SMILES string of the molecule is C=CC(=O)N1CCCC(O)(c2nc(C)c(CCOc3ccccc3Cl)s2)CC1. The number of thiazole rings is 1. The minimum absolute atomic E-state index is 0.0861. The molecule has 1 aromatic heterocycles. The molecule has 0 spiro atoms. The molecule has 28 heavy (non-hydrogen) atoms. The molecule has 150 valence electrons. The number of rotatable bonds is 6. The number of ether oxygens (including phenoxy) is 1. The van der Waals surface area contributed by atoms with E-state index in [4.69, 9.17) is 16.3 Å². The number of benzene rings is 1. The third kappa shape index (κ3) is 4.74. The van der Waals surface area contributed by atoms with Crippen molar-refractivity contribution in [2.45, 2.75) is 38.2 Å². The highest BCUT2D eigenvalue weighted by Gasteiger charge is 2.36. The summed E-state index contributed by atoms with van der Waals surface area (Å²) < 4.78 is 5.78. The molecule has 2 heterocycles. The van der Waals surface area contributed by atoms with Crippen molar-refractivity contribution < 1.29 is 14.6 Å². The van der Waals surface area contributed by atoms with Crippen molar-refractivity contribution in [3.63, 3.8) is 0 Å². The number of carbonyl (C=O) groups is 1. The van der Waals surface area contributed by atoms with Crippen molar-refractivity contribution in [1.29, 1.82) is 0 Å². The average molecular weight is 421 g/mol. The van der Waals surface area contributed by atoms with Gasteiger partial charge in [-0.3, -0.25) is 4.79 Å². The van der Waals surface area contributed by atoms with Gasteiger partial charge in [0.05, 0.1) is 17.3 Å². The van der Waals surface area contributed by atoms with Crippen LogP contribution >= 0.6 is 22.9 Å². The number of hydrogen-bond donors (Lipinski definition) is 1. The number of halogens is 1. The van der Waals surface area contributed by atoms with Gasteiger partial charge in [0.2, 0.25) is 5.91 Å². The Morgan fingerprint density at radius 1 is 1.43 bits per heavy atom. The molecule has 1 amide bonds. The van der Waals surface area contributed by atoms with Crippen molar-refractivity contribution in [1.82, 2.24) is 9.88 Å². The number of hydrogen-bond acceptors (Lipinski definition) is 5. The molecule has 1 aliphatic rings. The van der Waals surface area contributed by atoms with Crippen LogP contribution in [0, 0.1) is 6.92 Å². The summed E-state index contributed by atoms with van der Waals surface area (Å²) in [4.78, 5) is 19.4. The van der Waals surface area contributed by atoms with Crippen LogP contribution in [0.4, 0.5) is 0 Å². The Bertz CT molecular complexity index is 854. The third-order valence-corrected chi connectivity index (χ3v) is 6.74. The summed E-state index contributed by atoms with van der Waals surface area (Å²) in [5, 5.41) is 12.5. The van der Waals surface area contributed by atoms with Crippen LogP contribution in [0.3, 0.4) is 0 Å². The lowest BCUT2D eigenvalue weighted by atomic mass is 9.96. The van der Waals surface area contributed by atoms with E-state index in [1.165, 1.54) is 17.4 Å². The predicted molar refractivity (Wildman–Crippen MR) is 112 cm³/mol. The number of nitrogens with zero attached hydrogens (tertiary/aromatic N) is 2. The maximum absolute atomic E-state index is 11.9. The lowest BCUT2D eigenvalue weighted by Crippen LogP contribution is -2.32. The van der Waals surface area contributed by atoms with Crippen LogP contribution in [0.5, 0.6) is 5.75 Å². The number of aromatic nitrogens is 1. The Labute approximate surface area is 174 Å². The van der Waals surface area contributed by atoms with E-state index in [0.29, 0.717) is 49.7 Å². The molecule has 1 unspecified atom stereocenters. The molecule has 0 aliphatic carbocycles. The molecular weight excluding hydrogens is 396 g/mol. The molecule has 1 N–H and O–H groups in total. The number of aryl methyl sites for hydroxylation is 1. The molecule has 1 saturated heterocycles. The first-order valence-electron chi connectivity index (χ1n) is 9.41. The molecular formula is C21H25ClN2O3S. The summed E-state index contributed by atoms with van der Waals surface area (Å²) in [6, 6.07) is 7.40. The maximum atomic E-state index is 11.9. The zero-order valence-electron chi connectivity index (χ0n) is 16.0. The highest BCUT2D eigenvalue weighted by molar-refractivity contribution is 7.11. The average Bonchev–Trinajstić information content (AvgIpc) is 2.94. The molecule has 0 radical (unpaired) electrons. The van der Waals surface area contributed by atoms with E-state index in [2.05, 4.69) is 11.6 Å². The first-order valence-corrected chi connectivity index (χ1v) is 10.6. The molecule has 7 heteroatoms. The van der Waals surface area contributed by atoms with Crippen molar-refractivity contribution in [2.75, 3.05) is 19.7 Å². The minimum atomic E-state index is -0.993. The van der Waals surface area contributed by atoms with Gasteiger partial charge in [0.25, 0.3) is 0 Å². The number of amides is 1. The molecule has 1 fully saturated rings. The van der Waals surface area contributed by atoms with E-state index < -0.39 is 5.60 Å². The molecule has 3 rings (SSSR count). The van der Waals surface area contributed by atoms with Crippen molar-refractivity contribution in [2.24, 2.45) is 0 Å². The van der Waals surface area contributed by atoms with Crippen molar-refractivity contribution >= 4 is 28.8 Å². The van der Waals surface area contributed by atoms with Gasteiger partial charge in [-0.15, -0.1) is 11.3 Å². The quantitative estimate of drug-likeness (QED) is 0.714. The van der Waals surface area contributed by atoms with E-state index in [1.807, 2.05) is 25.1 Å². The van der Waals surface area contributed by atoms with E-state index in [1.54, 1.807) is 11.0 Å². The van der Waals surface area contributed by atoms with E-state index >= 15 is 0 Å². The Balaban J connectivity index is 1.65. The van der Waals surface area contributed by atoms with Gasteiger partial charge in [0, 0.05) is 30.8 Å². The van der Waals surface area contributed by atoms with Crippen molar-refractivity contribution in [3.05, 3.63) is 57.5 Å². The monoisotopic (exact) mass is 420 g/mol. The maximum Gasteiger partial charge on any atom is 0.245 e. The zero-order chi connectivity index (χ0) is 20.1. The van der Waals surface area contributed by atoms with Crippen LogP contribution in [0.25, 0.3) is 0 Å². The van der Waals surface area contributed by atoms with Crippen molar-refractivity contribution in [3.8, 4) is 5.75 Å². The standard InChI is InChI=1S/C21H25ClN2O3S/c1-3-19(25)24-12-6-10-21(26,11-13-24)20-23-15(2)18(28-20)9-14-27-17-8-5-4-7-16(17)22/h3-5,7-8,26H,1,6,9-14H2,2H3. The zero-order valence-corrected chi connectivity index (χ0v) is 17.6. The van der Waals surface area contributed by atoms with Gasteiger partial charge in [-0.1, -0.05) is 30.3 Å². The van der Waals surface area contributed by atoms with Gasteiger partial charge in [-0.05, 0) is 38.0 Å². The second-order valence-electron chi connectivity index (χ2n) is 6.97. The molecule has 2 aromatic rings. The third-order valence-electron chi connectivity index (χ3n) is 5.01. The summed E-state index contributed by atoms with van der Waals surface area (Å²) >= 11 is 7.65.